The number of hydrogen-bond acceptors (Lipinski definition) is 7. The molecule has 1 saturated carbocycles. The highest BCUT2D eigenvalue weighted by Crippen LogP contribution is 2.40. The molecule has 40 heavy (non-hydrogen) atoms. The van der Waals surface area contributed by atoms with Gasteiger partial charge in [0.2, 0.25) is 11.8 Å². The van der Waals surface area contributed by atoms with Crippen molar-refractivity contribution in [3.8, 4) is 0 Å². The molecule has 0 radical (unpaired) electrons. The summed E-state index contributed by atoms with van der Waals surface area (Å²) in [6, 6.07) is 9.67. The van der Waals surface area contributed by atoms with E-state index in [4.69, 9.17) is 0 Å². The van der Waals surface area contributed by atoms with Gasteiger partial charge in [0.05, 0.1) is 13.3 Å². The van der Waals surface area contributed by atoms with Crippen LogP contribution in [0.15, 0.2) is 30.3 Å². The Kier molecular flexibility index (Phi) is 8.25. The molecular weight excluding hydrogens is 529 g/mol. The summed E-state index contributed by atoms with van der Waals surface area (Å²) in [4.78, 5) is 45.8. The van der Waals surface area contributed by atoms with Crippen molar-refractivity contribution in [3.63, 3.8) is 0 Å². The van der Waals surface area contributed by atoms with E-state index in [9.17, 15) is 32.7 Å². The molecule has 1 aliphatic carbocycles. The fourth-order valence-corrected chi connectivity index (χ4v) is 6.79. The minimum absolute atomic E-state index is 0.0400. The van der Waals surface area contributed by atoms with Crippen LogP contribution in [0.5, 0.6) is 0 Å². The minimum atomic E-state index is -4.62. The summed E-state index contributed by atoms with van der Waals surface area (Å²) in [5.74, 6) is -0.685. The second-order valence-electron chi connectivity index (χ2n) is 11.3. The fourth-order valence-electron chi connectivity index (χ4n) is 6.79. The smallest absolute Gasteiger partial charge is 0.395 e. The number of aliphatic hydroxyl groups excluding tert-OH is 1. The molecule has 220 valence electrons. The molecule has 3 atom stereocenters. The van der Waals surface area contributed by atoms with Crippen molar-refractivity contribution < 1.29 is 32.7 Å². The number of fused-ring (bicyclic) bond motifs is 1. The summed E-state index contributed by atoms with van der Waals surface area (Å²) in [5.41, 5.74) is 6.24. The lowest BCUT2D eigenvalue weighted by Gasteiger charge is -2.44. The van der Waals surface area contributed by atoms with Gasteiger partial charge < -0.3 is 24.7 Å². The zero-order valence-electron chi connectivity index (χ0n) is 22.4. The Balaban J connectivity index is 1.30. The third-order valence-corrected chi connectivity index (χ3v) is 8.89. The molecule has 3 saturated heterocycles. The number of rotatable bonds is 7. The number of hydrogen-bond donors (Lipinski definition) is 3. The second-order valence-corrected chi connectivity index (χ2v) is 11.3. The number of amides is 3. The first kappa shape index (κ1) is 28.6. The Hall–Kier alpha value is -2.90. The van der Waals surface area contributed by atoms with Gasteiger partial charge in [0.1, 0.15) is 18.6 Å². The number of halogens is 3. The molecule has 5 rings (SSSR count). The van der Waals surface area contributed by atoms with E-state index in [1.54, 1.807) is 0 Å². The highest BCUT2D eigenvalue weighted by molar-refractivity contribution is 5.96. The normalized spacial score (nSPS) is 26.4. The molecule has 4 aliphatic rings. The lowest BCUT2D eigenvalue weighted by molar-refractivity contribution is -0.163. The number of benzene rings is 1. The number of anilines is 1. The van der Waals surface area contributed by atoms with Gasteiger partial charge in [-0.2, -0.15) is 13.2 Å². The molecular formula is C27H37F3N6O4. The highest BCUT2D eigenvalue weighted by atomic mass is 19.4. The summed E-state index contributed by atoms with van der Waals surface area (Å²) >= 11 is 0. The van der Waals surface area contributed by atoms with Crippen molar-refractivity contribution >= 4 is 23.4 Å². The lowest BCUT2D eigenvalue weighted by atomic mass is 9.77. The molecule has 3 aliphatic heterocycles. The van der Waals surface area contributed by atoms with E-state index in [0.717, 1.165) is 31.5 Å². The number of para-hydroxylation sites is 1. The summed E-state index contributed by atoms with van der Waals surface area (Å²) in [6.45, 7) is -1.42. The van der Waals surface area contributed by atoms with Gasteiger partial charge in [-0.25, -0.2) is 0 Å². The molecule has 1 aromatic rings. The Morgan fingerprint density at radius 2 is 1.85 bits per heavy atom. The van der Waals surface area contributed by atoms with Crippen LogP contribution < -0.4 is 15.8 Å². The maximum absolute atomic E-state index is 13.9. The Bertz CT molecular complexity index is 1080. The van der Waals surface area contributed by atoms with E-state index in [1.165, 1.54) is 4.90 Å². The first-order valence-electron chi connectivity index (χ1n) is 14.0. The highest BCUT2D eigenvalue weighted by Gasteiger charge is 2.55. The van der Waals surface area contributed by atoms with Crippen molar-refractivity contribution in [2.75, 3.05) is 57.4 Å². The molecule has 0 aromatic heterocycles. The molecule has 1 aromatic carbocycles. The van der Waals surface area contributed by atoms with Crippen LogP contribution in [-0.2, 0) is 14.4 Å². The molecule has 0 bridgehead atoms. The van der Waals surface area contributed by atoms with Crippen LogP contribution in [0, 0.1) is 11.8 Å². The summed E-state index contributed by atoms with van der Waals surface area (Å²) in [6.07, 6.45) is -1.30. The van der Waals surface area contributed by atoms with Crippen LogP contribution in [0.25, 0.3) is 0 Å². The number of nitrogens with zero attached hydrogens (tertiary/aromatic N) is 4. The number of hydrazine groups is 1. The maximum atomic E-state index is 13.9. The number of piperidine rings is 1. The van der Waals surface area contributed by atoms with E-state index in [0.29, 0.717) is 42.8 Å². The molecule has 3 amide bonds. The number of aliphatic hydroxyl groups is 1. The largest absolute Gasteiger partial charge is 0.406 e. The third kappa shape index (κ3) is 5.77. The molecule has 4 fully saturated rings. The van der Waals surface area contributed by atoms with E-state index in [2.05, 4.69) is 10.9 Å². The van der Waals surface area contributed by atoms with Crippen molar-refractivity contribution in [3.05, 3.63) is 30.3 Å². The summed E-state index contributed by atoms with van der Waals surface area (Å²) < 4.78 is 39.1. The zero-order chi connectivity index (χ0) is 28.5. The quantitative estimate of drug-likeness (QED) is 0.451. The second kappa shape index (κ2) is 11.5. The van der Waals surface area contributed by atoms with Gasteiger partial charge in [0, 0.05) is 43.8 Å². The number of alkyl halides is 3. The molecule has 13 heteroatoms. The average molecular weight is 567 g/mol. The van der Waals surface area contributed by atoms with Crippen LogP contribution in [-0.4, -0.2) is 108 Å². The van der Waals surface area contributed by atoms with Crippen LogP contribution in [0.3, 0.4) is 0 Å². The van der Waals surface area contributed by atoms with Crippen molar-refractivity contribution in [2.45, 2.75) is 49.9 Å². The van der Waals surface area contributed by atoms with Crippen LogP contribution in [0.2, 0.25) is 0 Å². The SMILES string of the molecule is O=C(CN1CN(c2ccccc2)C2(CCN(C(=O)C3CCC4NNCC4C3)CC2)C1=O)N(CCO)CC(F)(F)F. The minimum Gasteiger partial charge on any atom is -0.395 e. The number of carbonyl (C=O) groups excluding carboxylic acids is 3. The molecule has 10 nitrogen and oxygen atoms in total. The van der Waals surface area contributed by atoms with Gasteiger partial charge >= 0.3 is 6.18 Å². The van der Waals surface area contributed by atoms with Crippen molar-refractivity contribution in [1.29, 1.82) is 0 Å². The van der Waals surface area contributed by atoms with Gasteiger partial charge in [0.25, 0.3) is 5.91 Å². The number of likely N-dealkylation sites (tertiary alicyclic amines) is 1. The third-order valence-electron chi connectivity index (χ3n) is 8.89. The number of carbonyl (C=O) groups is 3. The van der Waals surface area contributed by atoms with Gasteiger partial charge in [-0.15, -0.1) is 0 Å². The Morgan fingerprint density at radius 3 is 2.52 bits per heavy atom. The lowest BCUT2D eigenvalue weighted by Crippen LogP contribution is -2.58. The van der Waals surface area contributed by atoms with Gasteiger partial charge in [-0.1, -0.05) is 18.2 Å². The van der Waals surface area contributed by atoms with Gasteiger partial charge in [-0.3, -0.25) is 25.2 Å². The Labute approximate surface area is 231 Å². The van der Waals surface area contributed by atoms with E-state index in [-0.39, 0.29) is 24.4 Å². The predicted octanol–water partition coefficient (Wildman–Crippen LogP) is 0.930. The predicted molar refractivity (Wildman–Crippen MR) is 140 cm³/mol. The van der Waals surface area contributed by atoms with Gasteiger partial charge in [-0.05, 0) is 50.2 Å². The topological polar surface area (TPSA) is 108 Å². The Morgan fingerprint density at radius 1 is 1.12 bits per heavy atom. The van der Waals surface area contributed by atoms with Crippen LogP contribution >= 0.6 is 0 Å². The average Bonchev–Trinajstić information content (AvgIpc) is 3.51. The van der Waals surface area contributed by atoms with Crippen LogP contribution in [0.4, 0.5) is 18.9 Å². The van der Waals surface area contributed by atoms with Crippen molar-refractivity contribution in [2.24, 2.45) is 11.8 Å². The van der Waals surface area contributed by atoms with E-state index in [1.807, 2.05) is 40.1 Å². The monoisotopic (exact) mass is 566 g/mol. The fraction of sp³-hybridized carbons (Fsp3) is 0.667. The molecule has 3 N–H and O–H groups in total. The zero-order valence-corrected chi connectivity index (χ0v) is 22.4. The van der Waals surface area contributed by atoms with Crippen molar-refractivity contribution in [1.82, 2.24) is 25.6 Å². The standard InChI is InChI=1S/C27H37F3N6O4/c28-27(29,30)17-34(12-13-37)23(38)16-35-18-36(21-4-2-1-3-5-21)26(25(35)40)8-10-33(11-9-26)24(39)19-6-7-22-20(14-19)15-31-32-22/h1-5,19-20,22,31-32,37H,6-18H2. The van der Waals surface area contributed by atoms with E-state index < -0.39 is 43.9 Å². The number of nitrogens with one attached hydrogen (secondary N) is 2. The van der Waals surface area contributed by atoms with Gasteiger partial charge in [0.15, 0.2) is 0 Å². The van der Waals surface area contributed by atoms with E-state index >= 15 is 0 Å². The molecule has 3 unspecified atom stereocenters. The molecule has 3 heterocycles. The summed E-state index contributed by atoms with van der Waals surface area (Å²) in [7, 11) is 0. The first-order chi connectivity index (χ1) is 19.1. The van der Waals surface area contributed by atoms with Crippen LogP contribution in [0.1, 0.15) is 32.1 Å². The maximum Gasteiger partial charge on any atom is 0.406 e. The summed E-state index contributed by atoms with van der Waals surface area (Å²) in [5, 5.41) is 9.20. The first-order valence-corrected chi connectivity index (χ1v) is 14.0. The molecule has 1 spiro atoms.